The maximum atomic E-state index is 12.2. The molecular weight excluding hydrogens is 354 g/mol. The molecule has 2 heterocycles. The fourth-order valence-electron chi connectivity index (χ4n) is 2.90. The minimum absolute atomic E-state index is 0.0508. The van der Waals surface area contributed by atoms with Gasteiger partial charge in [-0.1, -0.05) is 18.2 Å². The molecule has 7 heteroatoms. The number of nitrogens with one attached hydrogen (secondary N) is 2. The van der Waals surface area contributed by atoms with Crippen molar-refractivity contribution >= 4 is 23.5 Å². The predicted octanol–water partition coefficient (Wildman–Crippen LogP) is 2.51. The number of benzene rings is 1. The van der Waals surface area contributed by atoms with E-state index in [1.165, 1.54) is 6.08 Å². The molecule has 2 aromatic heterocycles. The second-order valence-electron chi connectivity index (χ2n) is 6.92. The van der Waals surface area contributed by atoms with Crippen molar-refractivity contribution in [2.75, 3.05) is 0 Å². The standard InChI is InChI=1S/C21H21N5O2/c1-14(20-25-24-18-4-2-3-13-26(18)20)22-19(27)12-7-15-5-8-16(9-6-15)21(28)23-17-10-11-17/h2-9,12-14,17H,10-11H2,1H3,(H,22,27)(H,23,28)/b12-7+. The Kier molecular flexibility index (Phi) is 4.89. The summed E-state index contributed by atoms with van der Waals surface area (Å²) in [7, 11) is 0. The second kappa shape index (κ2) is 7.64. The summed E-state index contributed by atoms with van der Waals surface area (Å²) in [5.74, 6) is 0.393. The van der Waals surface area contributed by atoms with E-state index in [1.54, 1.807) is 18.2 Å². The smallest absolute Gasteiger partial charge is 0.251 e. The number of nitrogens with zero attached hydrogens (tertiary/aromatic N) is 3. The average molecular weight is 375 g/mol. The van der Waals surface area contributed by atoms with Gasteiger partial charge in [0.05, 0.1) is 6.04 Å². The molecule has 7 nitrogen and oxygen atoms in total. The van der Waals surface area contributed by atoms with Crippen LogP contribution in [0.3, 0.4) is 0 Å². The van der Waals surface area contributed by atoms with Crippen LogP contribution in [0.5, 0.6) is 0 Å². The first-order valence-electron chi connectivity index (χ1n) is 9.29. The highest BCUT2D eigenvalue weighted by molar-refractivity contribution is 5.95. The number of aromatic nitrogens is 3. The lowest BCUT2D eigenvalue weighted by atomic mass is 10.1. The highest BCUT2D eigenvalue weighted by atomic mass is 16.2. The van der Waals surface area contributed by atoms with Crippen LogP contribution in [0.15, 0.2) is 54.7 Å². The van der Waals surface area contributed by atoms with Gasteiger partial charge in [-0.25, -0.2) is 0 Å². The van der Waals surface area contributed by atoms with Gasteiger partial charge in [0.25, 0.3) is 5.91 Å². The molecule has 142 valence electrons. The van der Waals surface area contributed by atoms with Gasteiger partial charge in [0.1, 0.15) is 0 Å². The van der Waals surface area contributed by atoms with Crippen LogP contribution in [0, 0.1) is 0 Å². The number of amides is 2. The lowest BCUT2D eigenvalue weighted by Gasteiger charge is -2.10. The summed E-state index contributed by atoms with van der Waals surface area (Å²) in [6, 6.07) is 12.9. The number of pyridine rings is 1. The first-order chi connectivity index (χ1) is 13.6. The quantitative estimate of drug-likeness (QED) is 0.648. The Bertz CT molecular complexity index is 1030. The molecule has 0 spiro atoms. The monoisotopic (exact) mass is 375 g/mol. The number of carbonyl (C=O) groups is 2. The molecule has 0 saturated heterocycles. The van der Waals surface area contributed by atoms with Crippen LogP contribution in [0.2, 0.25) is 0 Å². The molecule has 4 rings (SSSR count). The third kappa shape index (κ3) is 4.09. The third-order valence-corrected chi connectivity index (χ3v) is 4.60. The van der Waals surface area contributed by atoms with Gasteiger partial charge in [0.2, 0.25) is 5.91 Å². The lowest BCUT2D eigenvalue weighted by molar-refractivity contribution is -0.117. The molecule has 0 radical (unpaired) electrons. The van der Waals surface area contributed by atoms with E-state index in [2.05, 4.69) is 20.8 Å². The highest BCUT2D eigenvalue weighted by Gasteiger charge is 2.23. The summed E-state index contributed by atoms with van der Waals surface area (Å²) >= 11 is 0. The molecule has 2 N–H and O–H groups in total. The Balaban J connectivity index is 1.36. The summed E-state index contributed by atoms with van der Waals surface area (Å²) in [4.78, 5) is 24.2. The van der Waals surface area contributed by atoms with Gasteiger partial charge in [0.15, 0.2) is 11.5 Å². The summed E-state index contributed by atoms with van der Waals surface area (Å²) in [5, 5.41) is 14.1. The molecule has 1 aliphatic carbocycles. The van der Waals surface area contributed by atoms with Crippen LogP contribution in [-0.2, 0) is 4.79 Å². The van der Waals surface area contributed by atoms with Crippen molar-refractivity contribution in [2.24, 2.45) is 0 Å². The van der Waals surface area contributed by atoms with E-state index in [0.29, 0.717) is 17.4 Å². The van der Waals surface area contributed by atoms with Crippen LogP contribution in [0.25, 0.3) is 11.7 Å². The fraction of sp³-hybridized carbons (Fsp3) is 0.238. The fourth-order valence-corrected chi connectivity index (χ4v) is 2.90. The molecule has 3 aromatic rings. The van der Waals surface area contributed by atoms with Gasteiger partial charge in [-0.3, -0.25) is 14.0 Å². The zero-order chi connectivity index (χ0) is 19.5. The number of fused-ring (bicyclic) bond motifs is 1. The van der Waals surface area contributed by atoms with Crippen molar-refractivity contribution in [2.45, 2.75) is 31.8 Å². The molecule has 28 heavy (non-hydrogen) atoms. The van der Waals surface area contributed by atoms with Crippen LogP contribution in [0.1, 0.15) is 47.6 Å². The van der Waals surface area contributed by atoms with Crippen LogP contribution >= 0.6 is 0 Å². The minimum Gasteiger partial charge on any atom is -0.349 e. The van der Waals surface area contributed by atoms with Crippen molar-refractivity contribution in [1.29, 1.82) is 0 Å². The van der Waals surface area contributed by atoms with Crippen LogP contribution < -0.4 is 10.6 Å². The Morgan fingerprint density at radius 2 is 1.93 bits per heavy atom. The first-order valence-corrected chi connectivity index (χ1v) is 9.29. The SMILES string of the molecule is CC(NC(=O)/C=C/c1ccc(C(=O)NC2CC2)cc1)c1nnc2ccccn12. The van der Waals surface area contributed by atoms with Gasteiger partial charge in [0, 0.05) is 23.9 Å². The molecule has 1 saturated carbocycles. The van der Waals surface area contributed by atoms with Crippen molar-refractivity contribution < 1.29 is 9.59 Å². The number of rotatable bonds is 6. The van der Waals surface area contributed by atoms with Gasteiger partial charge in [-0.05, 0) is 55.7 Å². The maximum Gasteiger partial charge on any atom is 0.251 e. The molecule has 0 bridgehead atoms. The Morgan fingerprint density at radius 1 is 1.14 bits per heavy atom. The van der Waals surface area contributed by atoms with Crippen molar-refractivity contribution in [3.05, 3.63) is 71.7 Å². The molecule has 1 atom stereocenters. The zero-order valence-electron chi connectivity index (χ0n) is 15.5. The van der Waals surface area contributed by atoms with Gasteiger partial charge in [-0.2, -0.15) is 0 Å². The Hall–Kier alpha value is -3.48. The van der Waals surface area contributed by atoms with Gasteiger partial charge in [-0.15, -0.1) is 10.2 Å². The second-order valence-corrected chi connectivity index (χ2v) is 6.92. The summed E-state index contributed by atoms with van der Waals surface area (Å²) < 4.78 is 1.85. The van der Waals surface area contributed by atoms with E-state index in [-0.39, 0.29) is 17.9 Å². The molecular formula is C21H21N5O2. The van der Waals surface area contributed by atoms with Crippen molar-refractivity contribution in [3.63, 3.8) is 0 Å². The molecule has 1 aromatic carbocycles. The van der Waals surface area contributed by atoms with Crippen LogP contribution in [0.4, 0.5) is 0 Å². The predicted molar refractivity (Wildman–Crippen MR) is 106 cm³/mol. The number of hydrogen-bond donors (Lipinski definition) is 2. The largest absolute Gasteiger partial charge is 0.349 e. The maximum absolute atomic E-state index is 12.2. The summed E-state index contributed by atoms with van der Waals surface area (Å²) in [6.45, 7) is 1.86. The van der Waals surface area contributed by atoms with Gasteiger partial charge < -0.3 is 10.6 Å². The topological polar surface area (TPSA) is 88.4 Å². The first kappa shape index (κ1) is 17.9. The molecule has 0 aliphatic heterocycles. The van der Waals surface area contributed by atoms with E-state index < -0.39 is 0 Å². The normalized spacial score (nSPS) is 14.9. The molecule has 1 fully saturated rings. The Labute approximate surface area is 162 Å². The molecule has 1 unspecified atom stereocenters. The molecule has 1 aliphatic rings. The van der Waals surface area contributed by atoms with Crippen LogP contribution in [-0.4, -0.2) is 32.5 Å². The van der Waals surface area contributed by atoms with Crippen molar-refractivity contribution in [3.8, 4) is 0 Å². The average Bonchev–Trinajstić information content (AvgIpc) is 3.41. The van der Waals surface area contributed by atoms with Crippen molar-refractivity contribution in [1.82, 2.24) is 25.2 Å². The summed E-state index contributed by atoms with van der Waals surface area (Å²) in [5.41, 5.74) is 2.21. The highest BCUT2D eigenvalue weighted by Crippen LogP contribution is 2.19. The Morgan fingerprint density at radius 3 is 2.68 bits per heavy atom. The van der Waals surface area contributed by atoms with E-state index in [4.69, 9.17) is 0 Å². The lowest BCUT2D eigenvalue weighted by Crippen LogP contribution is -2.26. The van der Waals surface area contributed by atoms with Gasteiger partial charge >= 0.3 is 0 Å². The number of hydrogen-bond acceptors (Lipinski definition) is 4. The van der Waals surface area contributed by atoms with E-state index in [1.807, 2.05) is 47.9 Å². The van der Waals surface area contributed by atoms with E-state index in [0.717, 1.165) is 24.1 Å². The minimum atomic E-state index is -0.289. The number of carbonyl (C=O) groups excluding carboxylic acids is 2. The van der Waals surface area contributed by atoms with E-state index in [9.17, 15) is 9.59 Å². The molecule has 2 amide bonds. The third-order valence-electron chi connectivity index (χ3n) is 4.60. The summed E-state index contributed by atoms with van der Waals surface area (Å²) in [6.07, 6.45) is 7.17. The van der Waals surface area contributed by atoms with E-state index >= 15 is 0 Å². The zero-order valence-corrected chi connectivity index (χ0v) is 15.5.